The fourth-order valence-corrected chi connectivity index (χ4v) is 4.60. The van der Waals surface area contributed by atoms with Crippen molar-refractivity contribution in [3.63, 3.8) is 0 Å². The van der Waals surface area contributed by atoms with Gasteiger partial charge in [-0.3, -0.25) is 4.99 Å². The summed E-state index contributed by atoms with van der Waals surface area (Å²) in [5.41, 5.74) is 1.12. The van der Waals surface area contributed by atoms with Crippen LogP contribution in [0.25, 0.3) is 0 Å². The van der Waals surface area contributed by atoms with Crippen LogP contribution in [-0.4, -0.2) is 64.5 Å². The number of hydrogen-bond donors (Lipinski definition) is 1. The van der Waals surface area contributed by atoms with Gasteiger partial charge in [0.15, 0.2) is 5.96 Å². The van der Waals surface area contributed by atoms with Gasteiger partial charge >= 0.3 is 0 Å². The molecule has 0 radical (unpaired) electrons. The van der Waals surface area contributed by atoms with Crippen LogP contribution in [0.4, 0.5) is 5.13 Å². The molecule has 2 aromatic heterocycles. The number of thiazole rings is 1. The Labute approximate surface area is 169 Å². The predicted octanol–water partition coefficient (Wildman–Crippen LogP) is 2.59. The highest BCUT2D eigenvalue weighted by atomic mass is 32.1. The lowest BCUT2D eigenvalue weighted by molar-refractivity contribution is 0.372. The van der Waals surface area contributed by atoms with Crippen LogP contribution in [0, 0.1) is 6.92 Å². The van der Waals surface area contributed by atoms with Gasteiger partial charge in [0.05, 0.1) is 5.01 Å². The monoisotopic (exact) mass is 407 g/mol. The quantitative estimate of drug-likeness (QED) is 0.432. The molecule has 0 aliphatic carbocycles. The molecule has 0 bridgehead atoms. The second-order valence-corrected chi connectivity index (χ2v) is 8.22. The molecular formula is C18H29N7S2. The number of aromatic nitrogens is 3. The highest BCUT2D eigenvalue weighted by Crippen LogP contribution is 2.19. The molecule has 1 aliphatic heterocycles. The highest BCUT2D eigenvalue weighted by molar-refractivity contribution is 7.09. The van der Waals surface area contributed by atoms with Crippen molar-refractivity contribution in [2.75, 3.05) is 44.2 Å². The van der Waals surface area contributed by atoms with E-state index in [1.165, 1.54) is 16.5 Å². The van der Waals surface area contributed by atoms with Crippen LogP contribution in [0.2, 0.25) is 0 Å². The largest absolute Gasteiger partial charge is 0.357 e. The van der Waals surface area contributed by atoms with Crippen LogP contribution in [0.3, 0.4) is 0 Å². The van der Waals surface area contributed by atoms with E-state index in [0.29, 0.717) is 0 Å². The lowest BCUT2D eigenvalue weighted by atomic mass is 10.3. The van der Waals surface area contributed by atoms with Gasteiger partial charge in [-0.2, -0.15) is 4.37 Å². The molecule has 0 unspecified atom stereocenters. The fraction of sp³-hybridized carbons (Fsp3) is 0.667. The van der Waals surface area contributed by atoms with E-state index in [0.717, 1.165) is 81.1 Å². The number of nitrogens with zero attached hydrogens (tertiary/aromatic N) is 6. The molecular weight excluding hydrogens is 378 g/mol. The van der Waals surface area contributed by atoms with E-state index in [2.05, 4.69) is 48.7 Å². The van der Waals surface area contributed by atoms with E-state index in [1.807, 2.05) is 6.92 Å². The van der Waals surface area contributed by atoms with Crippen molar-refractivity contribution in [2.24, 2.45) is 4.99 Å². The molecule has 0 aromatic carbocycles. The first-order valence-corrected chi connectivity index (χ1v) is 11.4. The molecule has 3 rings (SSSR count). The van der Waals surface area contributed by atoms with E-state index < -0.39 is 0 Å². The summed E-state index contributed by atoms with van der Waals surface area (Å²) < 4.78 is 4.40. The maximum atomic E-state index is 4.84. The third kappa shape index (κ3) is 5.62. The van der Waals surface area contributed by atoms with E-state index in [4.69, 9.17) is 4.99 Å². The summed E-state index contributed by atoms with van der Waals surface area (Å²) in [5.74, 6) is 1.97. The van der Waals surface area contributed by atoms with Crippen LogP contribution in [0.1, 0.15) is 36.8 Å². The van der Waals surface area contributed by atoms with Gasteiger partial charge in [-0.15, -0.1) is 11.3 Å². The summed E-state index contributed by atoms with van der Waals surface area (Å²) in [6, 6.07) is 0. The molecule has 27 heavy (non-hydrogen) atoms. The molecule has 148 valence electrons. The normalized spacial score (nSPS) is 15.4. The Bertz CT molecular complexity index is 732. The Kier molecular flexibility index (Phi) is 7.40. The standard InChI is InChI=1S/C18H29N7S2/c1-4-15-22-18(27-23-15)25-11-9-24(10-12-25)17(19-5-2)20-8-6-7-16-21-14(3)13-26-16/h13H,4-12H2,1-3H3,(H,19,20). The zero-order valence-electron chi connectivity index (χ0n) is 16.4. The number of hydrogen-bond acceptors (Lipinski definition) is 7. The van der Waals surface area contributed by atoms with E-state index in [9.17, 15) is 0 Å². The Morgan fingerprint density at radius 3 is 2.67 bits per heavy atom. The van der Waals surface area contributed by atoms with Gasteiger partial charge in [-0.05, 0) is 20.3 Å². The van der Waals surface area contributed by atoms with Gasteiger partial charge in [0, 0.05) is 74.7 Å². The molecule has 0 saturated carbocycles. The minimum absolute atomic E-state index is 0.831. The average Bonchev–Trinajstić information content (AvgIpc) is 3.33. The molecule has 9 heteroatoms. The molecule has 7 nitrogen and oxygen atoms in total. The van der Waals surface area contributed by atoms with Crippen LogP contribution in [0.5, 0.6) is 0 Å². The molecule has 1 saturated heterocycles. The molecule has 0 atom stereocenters. The van der Waals surface area contributed by atoms with E-state index in [1.54, 1.807) is 11.3 Å². The van der Waals surface area contributed by atoms with Crippen LogP contribution < -0.4 is 10.2 Å². The Hall–Kier alpha value is -1.74. The summed E-state index contributed by atoms with van der Waals surface area (Å²) in [6.45, 7) is 11.8. The van der Waals surface area contributed by atoms with Gasteiger partial charge in [0.2, 0.25) is 5.13 Å². The zero-order chi connectivity index (χ0) is 19.1. The summed E-state index contributed by atoms with van der Waals surface area (Å²) in [6.07, 6.45) is 2.94. The van der Waals surface area contributed by atoms with Crippen molar-refractivity contribution in [2.45, 2.75) is 40.0 Å². The van der Waals surface area contributed by atoms with Crippen molar-refractivity contribution in [1.29, 1.82) is 0 Å². The molecule has 1 fully saturated rings. The third-order valence-corrected chi connectivity index (χ3v) is 6.28. The number of anilines is 1. The third-order valence-electron chi connectivity index (χ3n) is 4.44. The SMILES string of the molecule is CCNC(=NCCCc1nc(C)cs1)N1CCN(c2nc(CC)ns2)CC1. The summed E-state index contributed by atoms with van der Waals surface area (Å²) >= 11 is 3.26. The molecule has 2 aromatic rings. The minimum Gasteiger partial charge on any atom is -0.357 e. The fourth-order valence-electron chi connectivity index (χ4n) is 2.98. The van der Waals surface area contributed by atoms with Crippen molar-refractivity contribution in [3.05, 3.63) is 21.9 Å². The van der Waals surface area contributed by atoms with Gasteiger partial charge in [0.25, 0.3) is 0 Å². The van der Waals surface area contributed by atoms with E-state index in [-0.39, 0.29) is 0 Å². The number of piperazine rings is 1. The average molecular weight is 408 g/mol. The Balaban J connectivity index is 1.49. The summed E-state index contributed by atoms with van der Waals surface area (Å²) in [4.78, 5) is 18.7. The second kappa shape index (κ2) is 9.98. The molecule has 1 N–H and O–H groups in total. The van der Waals surface area contributed by atoms with E-state index >= 15 is 0 Å². The Morgan fingerprint density at radius 2 is 2.04 bits per heavy atom. The number of guanidine groups is 1. The Morgan fingerprint density at radius 1 is 1.22 bits per heavy atom. The van der Waals surface area contributed by atoms with Crippen molar-refractivity contribution < 1.29 is 0 Å². The maximum Gasteiger partial charge on any atom is 0.205 e. The van der Waals surface area contributed by atoms with Gasteiger partial charge in [-0.25, -0.2) is 9.97 Å². The predicted molar refractivity (Wildman–Crippen MR) is 114 cm³/mol. The zero-order valence-corrected chi connectivity index (χ0v) is 18.1. The lowest BCUT2D eigenvalue weighted by Crippen LogP contribution is -2.52. The molecule has 1 aliphatic rings. The first kappa shape index (κ1) is 20.0. The van der Waals surface area contributed by atoms with Crippen LogP contribution in [0.15, 0.2) is 10.4 Å². The maximum absolute atomic E-state index is 4.84. The topological polar surface area (TPSA) is 69.5 Å². The van der Waals surface area contributed by atoms with Gasteiger partial charge in [0.1, 0.15) is 5.82 Å². The number of aryl methyl sites for hydroxylation is 3. The van der Waals surface area contributed by atoms with Crippen molar-refractivity contribution in [1.82, 2.24) is 24.6 Å². The lowest BCUT2D eigenvalue weighted by Gasteiger charge is -2.36. The molecule has 3 heterocycles. The summed E-state index contributed by atoms with van der Waals surface area (Å²) in [7, 11) is 0. The molecule has 0 spiro atoms. The van der Waals surface area contributed by atoms with Crippen molar-refractivity contribution in [3.8, 4) is 0 Å². The van der Waals surface area contributed by atoms with Gasteiger partial charge in [-0.1, -0.05) is 6.92 Å². The molecule has 0 amide bonds. The highest BCUT2D eigenvalue weighted by Gasteiger charge is 2.21. The van der Waals surface area contributed by atoms with Gasteiger partial charge < -0.3 is 15.1 Å². The summed E-state index contributed by atoms with van der Waals surface area (Å²) in [5, 5.41) is 7.82. The first-order valence-electron chi connectivity index (χ1n) is 9.71. The smallest absolute Gasteiger partial charge is 0.205 e. The first-order chi connectivity index (χ1) is 13.2. The second-order valence-electron chi connectivity index (χ2n) is 6.54. The minimum atomic E-state index is 0.831. The number of aliphatic imine (C=N–C) groups is 1. The van der Waals surface area contributed by atoms with Crippen LogP contribution >= 0.6 is 22.9 Å². The van der Waals surface area contributed by atoms with Crippen molar-refractivity contribution >= 4 is 34.0 Å². The number of rotatable bonds is 7. The number of nitrogens with one attached hydrogen (secondary N) is 1. The van der Waals surface area contributed by atoms with Crippen LogP contribution in [-0.2, 0) is 12.8 Å².